The van der Waals surface area contributed by atoms with Crippen LogP contribution >= 0.6 is 0 Å². The minimum Gasteiger partial charge on any atom is -0.312 e. The van der Waals surface area contributed by atoms with Gasteiger partial charge in [-0.25, -0.2) is 0 Å². The molecule has 2 N–H and O–H groups in total. The van der Waals surface area contributed by atoms with Crippen LogP contribution in [0.3, 0.4) is 0 Å². The molecule has 1 saturated carbocycles. The first-order valence-electron chi connectivity index (χ1n) is 12.9. The Kier molecular flexibility index (Phi) is 18.5. The van der Waals surface area contributed by atoms with Crippen molar-refractivity contribution in [1.82, 2.24) is 10.6 Å². The fourth-order valence-corrected chi connectivity index (χ4v) is 4.19. The summed E-state index contributed by atoms with van der Waals surface area (Å²) < 4.78 is 0. The summed E-state index contributed by atoms with van der Waals surface area (Å²) in [6, 6.07) is 0. The topological polar surface area (TPSA) is 24.1 Å². The van der Waals surface area contributed by atoms with Gasteiger partial charge in [-0.2, -0.15) is 0 Å². The molecule has 2 nitrogen and oxygen atoms in total. The number of rotatable bonds is 11. The molecule has 0 spiro atoms. The molecule has 0 aromatic rings. The molecule has 0 bridgehead atoms. The van der Waals surface area contributed by atoms with E-state index in [0.717, 1.165) is 37.9 Å². The van der Waals surface area contributed by atoms with Crippen molar-refractivity contribution < 1.29 is 0 Å². The van der Waals surface area contributed by atoms with E-state index >= 15 is 0 Å². The summed E-state index contributed by atoms with van der Waals surface area (Å²) in [6.45, 7) is 24.7. The first kappa shape index (κ1) is 29.6. The van der Waals surface area contributed by atoms with Gasteiger partial charge in [0.1, 0.15) is 0 Å². The van der Waals surface area contributed by atoms with Gasteiger partial charge in [0.25, 0.3) is 0 Å². The average Bonchev–Trinajstić information content (AvgIpc) is 2.83. The molecule has 0 aromatic carbocycles. The maximum Gasteiger partial charge on any atom is 0.0208 e. The van der Waals surface area contributed by atoms with Crippen LogP contribution in [0.4, 0.5) is 0 Å². The van der Waals surface area contributed by atoms with E-state index in [0.29, 0.717) is 0 Å². The van der Waals surface area contributed by atoms with Crippen LogP contribution in [0.2, 0.25) is 0 Å². The lowest BCUT2D eigenvalue weighted by molar-refractivity contribution is 0.264. The molecule has 0 heterocycles. The van der Waals surface area contributed by atoms with E-state index in [-0.39, 0.29) is 0 Å². The molecular weight excluding hydrogens is 376 g/mol. The van der Waals surface area contributed by atoms with E-state index in [1.807, 2.05) is 33.8 Å². The van der Waals surface area contributed by atoms with Crippen molar-refractivity contribution in [2.24, 2.45) is 11.8 Å². The summed E-state index contributed by atoms with van der Waals surface area (Å²) in [7, 11) is 0. The highest BCUT2D eigenvalue weighted by Gasteiger charge is 2.21. The number of allylic oxidation sites excluding steroid dienone is 4. The zero-order chi connectivity index (χ0) is 23.5. The van der Waals surface area contributed by atoms with Gasteiger partial charge in [-0.05, 0) is 87.9 Å². The molecule has 1 fully saturated rings. The van der Waals surface area contributed by atoms with Crippen molar-refractivity contribution in [2.45, 2.75) is 86.5 Å². The molecule has 0 unspecified atom stereocenters. The Morgan fingerprint density at radius 2 is 1.52 bits per heavy atom. The quantitative estimate of drug-likeness (QED) is 0.328. The van der Waals surface area contributed by atoms with Gasteiger partial charge < -0.3 is 10.6 Å². The standard InChI is InChI=1S/C25H40N2.2C2H6/c1-5-9-24(20(3)6-2)18-26-16-22-12-14-23(15-13-22)17-27-19-25-11-8-7-10-21(25)4;2*1-2/h5,9-11,22-23,26-27H,1,3,6-8,12-19H2,2,4H3;2*1-2H3/b24-9-;;. The minimum absolute atomic E-state index is 0.826. The van der Waals surface area contributed by atoms with E-state index < -0.39 is 0 Å². The maximum absolute atomic E-state index is 4.16. The highest BCUT2D eigenvalue weighted by molar-refractivity contribution is 5.33. The van der Waals surface area contributed by atoms with Gasteiger partial charge in [-0.15, -0.1) is 0 Å². The first-order valence-corrected chi connectivity index (χ1v) is 12.9. The van der Waals surface area contributed by atoms with E-state index in [9.17, 15) is 0 Å². The number of nitrogens with one attached hydrogen (secondary N) is 2. The Morgan fingerprint density at radius 3 is 2.03 bits per heavy atom. The fraction of sp³-hybridized carbons (Fsp3) is 0.655. The molecule has 0 atom stereocenters. The third-order valence-electron chi connectivity index (χ3n) is 6.18. The van der Waals surface area contributed by atoms with Crippen LogP contribution in [-0.2, 0) is 0 Å². The second kappa shape index (κ2) is 19.3. The monoisotopic (exact) mass is 428 g/mol. The third kappa shape index (κ3) is 12.3. The average molecular weight is 429 g/mol. The molecule has 0 aromatic heterocycles. The van der Waals surface area contributed by atoms with Crippen molar-refractivity contribution in [3.8, 4) is 0 Å². The van der Waals surface area contributed by atoms with Gasteiger partial charge in [0.05, 0.1) is 0 Å². The van der Waals surface area contributed by atoms with E-state index in [2.05, 4.69) is 55.9 Å². The molecule has 2 heteroatoms. The SMILES string of the molecule is C=C/C=C(/CNCC1CCC(CNCC2=CCCC=C2C)CC1)C(=C)CC.CC.CC. The Morgan fingerprint density at radius 1 is 0.968 bits per heavy atom. The lowest BCUT2D eigenvalue weighted by Crippen LogP contribution is -2.32. The second-order valence-electron chi connectivity index (χ2n) is 8.23. The molecule has 2 rings (SSSR count). The molecule has 2 aliphatic carbocycles. The summed E-state index contributed by atoms with van der Waals surface area (Å²) >= 11 is 0. The highest BCUT2D eigenvalue weighted by Crippen LogP contribution is 2.28. The predicted molar refractivity (Wildman–Crippen MR) is 143 cm³/mol. The molecule has 2 aliphatic rings. The van der Waals surface area contributed by atoms with Crippen LogP contribution in [0.15, 0.2) is 59.8 Å². The van der Waals surface area contributed by atoms with Crippen LogP contribution in [0, 0.1) is 11.8 Å². The fourth-order valence-electron chi connectivity index (χ4n) is 4.19. The Hall–Kier alpha value is -1.38. The van der Waals surface area contributed by atoms with Crippen molar-refractivity contribution in [3.05, 3.63) is 59.8 Å². The normalized spacial score (nSPS) is 20.9. The maximum atomic E-state index is 4.16. The largest absolute Gasteiger partial charge is 0.312 e. The van der Waals surface area contributed by atoms with Gasteiger partial charge in [0.15, 0.2) is 0 Å². The summed E-state index contributed by atoms with van der Waals surface area (Å²) in [6.07, 6.45) is 17.6. The minimum atomic E-state index is 0.826. The van der Waals surface area contributed by atoms with Gasteiger partial charge in [-0.1, -0.05) is 83.2 Å². The van der Waals surface area contributed by atoms with Crippen LogP contribution in [0.25, 0.3) is 0 Å². The molecular formula is C29H52N2. The van der Waals surface area contributed by atoms with E-state index in [1.54, 1.807) is 0 Å². The van der Waals surface area contributed by atoms with Gasteiger partial charge in [0.2, 0.25) is 0 Å². The van der Waals surface area contributed by atoms with Crippen LogP contribution in [0.1, 0.15) is 86.5 Å². The van der Waals surface area contributed by atoms with E-state index in [4.69, 9.17) is 0 Å². The van der Waals surface area contributed by atoms with Crippen LogP contribution < -0.4 is 10.6 Å². The summed E-state index contributed by atoms with van der Waals surface area (Å²) in [5, 5.41) is 7.36. The van der Waals surface area contributed by atoms with Gasteiger partial charge in [-0.3, -0.25) is 0 Å². The van der Waals surface area contributed by atoms with Crippen molar-refractivity contribution >= 4 is 0 Å². The predicted octanol–water partition coefficient (Wildman–Crippen LogP) is 7.77. The zero-order valence-electron chi connectivity index (χ0n) is 21.7. The number of hydrogen-bond acceptors (Lipinski definition) is 2. The van der Waals surface area contributed by atoms with Crippen LogP contribution in [-0.4, -0.2) is 26.2 Å². The van der Waals surface area contributed by atoms with E-state index in [1.165, 1.54) is 67.4 Å². The molecule has 0 saturated heterocycles. The van der Waals surface area contributed by atoms with Gasteiger partial charge >= 0.3 is 0 Å². The lowest BCUT2D eigenvalue weighted by Gasteiger charge is -2.29. The third-order valence-corrected chi connectivity index (χ3v) is 6.18. The lowest BCUT2D eigenvalue weighted by atomic mass is 9.82. The molecule has 0 aliphatic heterocycles. The van der Waals surface area contributed by atoms with Crippen molar-refractivity contribution in [1.29, 1.82) is 0 Å². The second-order valence-corrected chi connectivity index (χ2v) is 8.23. The zero-order valence-corrected chi connectivity index (χ0v) is 21.7. The van der Waals surface area contributed by atoms with Crippen molar-refractivity contribution in [2.75, 3.05) is 26.2 Å². The molecule has 0 radical (unpaired) electrons. The molecule has 31 heavy (non-hydrogen) atoms. The summed E-state index contributed by atoms with van der Waals surface area (Å²) in [4.78, 5) is 0. The first-order chi connectivity index (χ1) is 15.1. The Labute approximate surface area is 195 Å². The summed E-state index contributed by atoms with van der Waals surface area (Å²) in [5.74, 6) is 1.68. The number of hydrogen-bond donors (Lipinski definition) is 2. The summed E-state index contributed by atoms with van der Waals surface area (Å²) in [5.41, 5.74) is 5.50. The van der Waals surface area contributed by atoms with Gasteiger partial charge in [0, 0.05) is 13.1 Å². The Balaban J connectivity index is 0.00000212. The smallest absolute Gasteiger partial charge is 0.0208 e. The molecule has 178 valence electrons. The van der Waals surface area contributed by atoms with Crippen molar-refractivity contribution in [3.63, 3.8) is 0 Å². The molecule has 0 amide bonds. The highest BCUT2D eigenvalue weighted by atomic mass is 14.9. The Bertz CT molecular complexity index is 572. The van der Waals surface area contributed by atoms with Crippen LogP contribution in [0.5, 0.6) is 0 Å².